The fraction of sp³-hybridized carbons (Fsp3) is 0.448. The summed E-state index contributed by atoms with van der Waals surface area (Å²) < 4.78 is 35.3. The number of hydrogen-bond acceptors (Lipinski definition) is 9. The number of guanidine groups is 1. The smallest absolute Gasteiger partial charge is 0.406 e. The maximum Gasteiger partial charge on any atom is 0.406 e. The molecule has 0 spiro atoms. The summed E-state index contributed by atoms with van der Waals surface area (Å²) in [6.45, 7) is 9.80. The lowest BCUT2D eigenvalue weighted by molar-refractivity contribution is -0.215. The zero-order valence-corrected chi connectivity index (χ0v) is 23.7. The summed E-state index contributed by atoms with van der Waals surface area (Å²) in [6.07, 6.45) is -0.750. The lowest BCUT2D eigenvalue weighted by atomic mass is 10.1. The van der Waals surface area contributed by atoms with Crippen molar-refractivity contribution < 1.29 is 33.2 Å². The molecule has 11 nitrogen and oxygen atoms in total. The molecule has 1 amide bonds. The van der Waals surface area contributed by atoms with Gasteiger partial charge in [-0.3, -0.25) is 15.1 Å². The summed E-state index contributed by atoms with van der Waals surface area (Å²) in [4.78, 5) is 32.3. The van der Waals surface area contributed by atoms with E-state index in [2.05, 4.69) is 39.3 Å². The van der Waals surface area contributed by atoms with Crippen LogP contribution in [0.1, 0.15) is 25.0 Å². The Hall–Kier alpha value is -3.94. The van der Waals surface area contributed by atoms with Crippen molar-refractivity contribution in [1.29, 1.82) is 0 Å². The highest BCUT2D eigenvalue weighted by atomic mass is 19.1. The number of nitrogens with one attached hydrogen (secondary N) is 2. The van der Waals surface area contributed by atoms with Crippen LogP contribution in [0.25, 0.3) is 0 Å². The summed E-state index contributed by atoms with van der Waals surface area (Å²) in [5, 5.41) is 14.6. The largest absolute Gasteiger partial charge is 0.489 e. The average molecular weight is 587 g/mol. The first-order valence-electron chi connectivity index (χ1n) is 14.0. The lowest BCUT2D eigenvalue weighted by Crippen LogP contribution is -2.52. The monoisotopic (exact) mass is 586 g/mol. The third-order valence-electron chi connectivity index (χ3n) is 7.49. The van der Waals surface area contributed by atoms with Gasteiger partial charge < -0.3 is 24.9 Å². The molecule has 0 radical (unpaired) electrons. The van der Waals surface area contributed by atoms with E-state index in [9.17, 15) is 14.3 Å². The molecule has 5 rings (SSSR count). The molecule has 3 aliphatic heterocycles. The van der Waals surface area contributed by atoms with Gasteiger partial charge >= 0.3 is 6.09 Å². The van der Waals surface area contributed by atoms with Crippen LogP contribution < -0.4 is 20.3 Å². The average Bonchev–Trinajstić information content (AvgIpc) is 2.96. The predicted octanol–water partition coefficient (Wildman–Crippen LogP) is 3.79. The van der Waals surface area contributed by atoms with E-state index < -0.39 is 24.0 Å². The minimum Gasteiger partial charge on any atom is -0.489 e. The molecule has 2 aromatic rings. The number of carboxylic acid groups (broad SMARTS) is 1. The maximum atomic E-state index is 15.0. The van der Waals surface area contributed by atoms with Gasteiger partial charge in [-0.1, -0.05) is 18.2 Å². The Balaban J connectivity index is 1.26. The molecule has 2 aromatic carbocycles. The zero-order valence-electron chi connectivity index (χ0n) is 23.7. The molecule has 0 aromatic heterocycles. The van der Waals surface area contributed by atoms with Crippen LogP contribution in [0.15, 0.2) is 53.4 Å². The summed E-state index contributed by atoms with van der Waals surface area (Å²) in [5.74, 6) is -0.880. The van der Waals surface area contributed by atoms with Gasteiger partial charge in [0.05, 0.1) is 13.2 Å². The third kappa shape index (κ3) is 7.27. The number of para-hydroxylation sites is 1. The first-order chi connectivity index (χ1) is 20.3. The van der Waals surface area contributed by atoms with E-state index >= 15 is 4.39 Å². The Kier molecular flexibility index (Phi) is 9.40. The van der Waals surface area contributed by atoms with Crippen molar-refractivity contribution in [3.63, 3.8) is 0 Å². The molecule has 0 bridgehead atoms. The Labute approximate surface area is 243 Å². The quantitative estimate of drug-likeness (QED) is 0.299. The molecule has 226 valence electrons. The van der Waals surface area contributed by atoms with Crippen LogP contribution in [0.2, 0.25) is 0 Å². The van der Waals surface area contributed by atoms with Crippen molar-refractivity contribution in [2.45, 2.75) is 39.0 Å². The molecular formula is C29H36F2N6O5. The van der Waals surface area contributed by atoms with E-state index in [0.717, 1.165) is 37.8 Å². The van der Waals surface area contributed by atoms with Crippen molar-refractivity contribution in [2.24, 2.45) is 4.99 Å². The maximum absolute atomic E-state index is 15.0. The van der Waals surface area contributed by atoms with Gasteiger partial charge in [-0.15, -0.1) is 0 Å². The van der Waals surface area contributed by atoms with Crippen LogP contribution >= 0.6 is 0 Å². The van der Waals surface area contributed by atoms with Crippen LogP contribution in [0.3, 0.4) is 0 Å². The Morgan fingerprint density at radius 2 is 2.00 bits per heavy atom. The Bertz CT molecular complexity index is 1330. The highest BCUT2D eigenvalue weighted by molar-refractivity contribution is 5.95. The first kappa shape index (κ1) is 29.5. The number of ether oxygens (including phenoxy) is 1. The van der Waals surface area contributed by atoms with Crippen molar-refractivity contribution in [1.82, 2.24) is 20.0 Å². The Morgan fingerprint density at radius 1 is 1.19 bits per heavy atom. The van der Waals surface area contributed by atoms with Gasteiger partial charge in [0.15, 0.2) is 17.3 Å². The number of benzene rings is 2. The van der Waals surface area contributed by atoms with E-state index in [1.54, 1.807) is 12.1 Å². The standard InChI is InChI=1S/C29H36F2N6O5/c1-19(2)36-11-9-35(10-12-36)13-15-40-24-7-6-22(16-23(24)30)32-28-33-25(31)17-26(34-29(38)39)37(28)18-21-5-3-4-20-8-14-41-42-27(20)21/h3-7,16-17,19,26,34H,8-15,18H2,1-2H3,(H,32,33)(H,38,39). The van der Waals surface area contributed by atoms with Crippen molar-refractivity contribution in [2.75, 3.05) is 51.3 Å². The van der Waals surface area contributed by atoms with Crippen LogP contribution in [0.5, 0.6) is 11.5 Å². The van der Waals surface area contributed by atoms with Gasteiger partial charge in [-0.2, -0.15) is 14.3 Å². The highest BCUT2D eigenvalue weighted by Gasteiger charge is 2.30. The molecular weight excluding hydrogens is 550 g/mol. The lowest BCUT2D eigenvalue weighted by Gasteiger charge is -2.36. The number of aliphatic imine (C=N–C) groups is 1. The van der Waals surface area contributed by atoms with Gasteiger partial charge in [0.25, 0.3) is 0 Å². The summed E-state index contributed by atoms with van der Waals surface area (Å²) in [5.41, 5.74) is 1.89. The first-order valence-corrected chi connectivity index (χ1v) is 14.0. The molecule has 0 aliphatic carbocycles. The van der Waals surface area contributed by atoms with Crippen molar-refractivity contribution >= 4 is 17.7 Å². The van der Waals surface area contributed by atoms with E-state index in [1.165, 1.54) is 17.0 Å². The molecule has 1 fully saturated rings. The third-order valence-corrected chi connectivity index (χ3v) is 7.49. The second-order valence-corrected chi connectivity index (χ2v) is 10.6. The zero-order chi connectivity index (χ0) is 29.6. The summed E-state index contributed by atoms with van der Waals surface area (Å²) in [6, 6.07) is 10.4. The second-order valence-electron chi connectivity index (χ2n) is 10.6. The van der Waals surface area contributed by atoms with Gasteiger partial charge in [0.1, 0.15) is 12.8 Å². The highest BCUT2D eigenvalue weighted by Crippen LogP contribution is 2.31. The molecule has 13 heteroatoms. The van der Waals surface area contributed by atoms with E-state index in [4.69, 9.17) is 14.5 Å². The molecule has 1 atom stereocenters. The minimum absolute atomic E-state index is 0.0170. The van der Waals surface area contributed by atoms with Gasteiger partial charge in [0, 0.05) is 74.1 Å². The van der Waals surface area contributed by atoms with Crippen LogP contribution in [-0.4, -0.2) is 90.0 Å². The fourth-order valence-corrected chi connectivity index (χ4v) is 5.19. The van der Waals surface area contributed by atoms with Gasteiger partial charge in [-0.05, 0) is 26.0 Å². The number of piperazine rings is 1. The van der Waals surface area contributed by atoms with Gasteiger partial charge in [-0.25, -0.2) is 9.18 Å². The summed E-state index contributed by atoms with van der Waals surface area (Å²) in [7, 11) is 0. The molecule has 0 saturated carbocycles. The van der Waals surface area contributed by atoms with Crippen molar-refractivity contribution in [3.05, 3.63) is 65.4 Å². The summed E-state index contributed by atoms with van der Waals surface area (Å²) >= 11 is 0. The molecule has 3 N–H and O–H groups in total. The van der Waals surface area contributed by atoms with Crippen LogP contribution in [0.4, 0.5) is 19.3 Å². The normalized spacial score (nSPS) is 19.5. The molecule has 1 unspecified atom stereocenters. The number of fused-ring (bicyclic) bond motifs is 1. The molecule has 3 heterocycles. The number of hydrogen-bond donors (Lipinski definition) is 3. The van der Waals surface area contributed by atoms with E-state index in [1.807, 2.05) is 12.1 Å². The van der Waals surface area contributed by atoms with E-state index in [-0.39, 0.29) is 23.9 Å². The Morgan fingerprint density at radius 3 is 2.74 bits per heavy atom. The van der Waals surface area contributed by atoms with Crippen molar-refractivity contribution in [3.8, 4) is 11.5 Å². The topological polar surface area (TPSA) is 111 Å². The molecule has 42 heavy (non-hydrogen) atoms. The number of carbonyl (C=O) groups is 1. The SMILES string of the molecule is CC(C)N1CCN(CCOc2ccc(NC3=NC(F)=CC(NC(=O)O)N3Cc3cccc4c3OOCC4)cc2F)CC1. The fourth-order valence-electron chi connectivity index (χ4n) is 5.19. The second kappa shape index (κ2) is 13.4. The number of rotatable bonds is 9. The predicted molar refractivity (Wildman–Crippen MR) is 153 cm³/mol. The number of anilines is 1. The number of amides is 1. The van der Waals surface area contributed by atoms with Crippen LogP contribution in [-0.2, 0) is 17.9 Å². The molecule has 1 saturated heterocycles. The van der Waals surface area contributed by atoms with Crippen LogP contribution in [0, 0.1) is 5.82 Å². The van der Waals surface area contributed by atoms with Gasteiger partial charge in [0.2, 0.25) is 11.9 Å². The molecule has 3 aliphatic rings. The van der Waals surface area contributed by atoms with E-state index in [0.29, 0.717) is 43.5 Å². The number of nitrogens with zero attached hydrogens (tertiary/aromatic N) is 4. The number of halogens is 2. The minimum atomic E-state index is -1.35.